The van der Waals surface area contributed by atoms with Crippen LogP contribution in [0.15, 0.2) is 12.7 Å². The highest BCUT2D eigenvalue weighted by atomic mass is 16.5. The molecule has 0 amide bonds. The summed E-state index contributed by atoms with van der Waals surface area (Å²) in [5, 5.41) is 21.4. The fraction of sp³-hybridized carbons (Fsp3) is 0.667. The van der Waals surface area contributed by atoms with Gasteiger partial charge in [0, 0.05) is 0 Å². The van der Waals surface area contributed by atoms with Gasteiger partial charge >= 0.3 is 0 Å². The second-order valence-electron chi connectivity index (χ2n) is 2.76. The lowest BCUT2D eigenvalue weighted by molar-refractivity contribution is 0.113. The molecule has 0 bridgehead atoms. The molecule has 2 heterocycles. The lowest BCUT2D eigenvalue weighted by Gasteiger charge is -2.02. The van der Waals surface area contributed by atoms with Gasteiger partial charge in [0.2, 0.25) is 0 Å². The van der Waals surface area contributed by atoms with Gasteiger partial charge in [0.25, 0.3) is 0 Å². The van der Waals surface area contributed by atoms with E-state index in [-0.39, 0.29) is 0 Å². The molecule has 0 fully saturated rings. The molecular weight excluding hydrogens is 200 g/mol. The van der Waals surface area contributed by atoms with Crippen molar-refractivity contribution in [1.29, 1.82) is 0 Å². The first-order valence-electron chi connectivity index (χ1n) is 4.44. The Hall–Kier alpha value is -1.90. The maximum absolute atomic E-state index is 5.35. The van der Waals surface area contributed by atoms with E-state index in [1.54, 1.807) is 22.0 Å². The summed E-state index contributed by atoms with van der Waals surface area (Å²) in [7, 11) is 0. The molecule has 2 rings (SSSR count). The Morgan fingerprint density at radius 2 is 1.40 bits per heavy atom. The number of hydrogen-bond donors (Lipinski definition) is 0. The predicted octanol–water partition coefficient (Wildman–Crippen LogP) is -1.62. The Kier molecular flexibility index (Phi) is 3.28. The van der Waals surface area contributed by atoms with E-state index in [0.717, 1.165) is 0 Å². The molecule has 9 nitrogen and oxygen atoms in total. The van der Waals surface area contributed by atoms with Crippen LogP contribution in [0.5, 0.6) is 0 Å². The van der Waals surface area contributed by atoms with Gasteiger partial charge < -0.3 is 4.74 Å². The Bertz CT molecular complexity index is 320. The van der Waals surface area contributed by atoms with Crippen LogP contribution in [0.3, 0.4) is 0 Å². The molecule has 80 valence electrons. The maximum Gasteiger partial charge on any atom is 0.138 e. The third-order valence-electron chi connectivity index (χ3n) is 1.71. The number of nitrogens with zero attached hydrogens (tertiary/aromatic N) is 8. The molecule has 0 saturated carbocycles. The van der Waals surface area contributed by atoms with Crippen LogP contribution in [0.1, 0.15) is 0 Å². The SMILES string of the molecule is c1nnnn1CCOCCn1cnnn1. The van der Waals surface area contributed by atoms with Crippen molar-refractivity contribution < 1.29 is 4.74 Å². The minimum Gasteiger partial charge on any atom is -0.378 e. The lowest BCUT2D eigenvalue weighted by atomic mass is 10.6. The van der Waals surface area contributed by atoms with Gasteiger partial charge in [-0.3, -0.25) is 0 Å². The normalized spacial score (nSPS) is 10.7. The molecule has 9 heteroatoms. The first kappa shape index (κ1) is 9.65. The molecule has 0 N–H and O–H groups in total. The van der Waals surface area contributed by atoms with Crippen molar-refractivity contribution in [2.24, 2.45) is 0 Å². The number of hydrogen-bond acceptors (Lipinski definition) is 7. The minimum atomic E-state index is 0.563. The fourth-order valence-electron chi connectivity index (χ4n) is 0.984. The standard InChI is InChI=1S/C6H10N8O/c1(13-5-7-9-11-13)3-15-4-2-14-6-8-10-12-14/h5-6H,1-4H2. The van der Waals surface area contributed by atoms with E-state index in [4.69, 9.17) is 4.74 Å². The van der Waals surface area contributed by atoms with E-state index in [0.29, 0.717) is 26.3 Å². The Balaban J connectivity index is 1.56. The summed E-state index contributed by atoms with van der Waals surface area (Å²) in [6.45, 7) is 2.41. The van der Waals surface area contributed by atoms with Gasteiger partial charge in [-0.15, -0.1) is 10.2 Å². The molecule has 0 aliphatic carbocycles. The number of tetrazole rings is 2. The largest absolute Gasteiger partial charge is 0.378 e. The van der Waals surface area contributed by atoms with E-state index in [1.807, 2.05) is 0 Å². The van der Waals surface area contributed by atoms with Crippen molar-refractivity contribution in [3.63, 3.8) is 0 Å². The quantitative estimate of drug-likeness (QED) is 0.528. The van der Waals surface area contributed by atoms with Crippen LogP contribution >= 0.6 is 0 Å². The number of rotatable bonds is 6. The second kappa shape index (κ2) is 5.10. The molecule has 0 aromatic carbocycles. The van der Waals surface area contributed by atoms with Crippen molar-refractivity contribution in [2.45, 2.75) is 13.1 Å². The molecule has 0 unspecified atom stereocenters. The molecule has 0 spiro atoms. The fourth-order valence-corrected chi connectivity index (χ4v) is 0.984. The molecule has 0 radical (unpaired) electrons. The number of ether oxygens (including phenoxy) is 1. The van der Waals surface area contributed by atoms with Crippen LogP contribution in [0.4, 0.5) is 0 Å². The van der Waals surface area contributed by atoms with E-state index >= 15 is 0 Å². The average molecular weight is 210 g/mol. The zero-order valence-corrected chi connectivity index (χ0v) is 7.97. The van der Waals surface area contributed by atoms with Crippen molar-refractivity contribution >= 4 is 0 Å². The molecule has 0 atom stereocenters. The van der Waals surface area contributed by atoms with Gasteiger partial charge in [0.1, 0.15) is 12.7 Å². The Morgan fingerprint density at radius 1 is 0.867 bits per heavy atom. The van der Waals surface area contributed by atoms with E-state index < -0.39 is 0 Å². The van der Waals surface area contributed by atoms with Crippen LogP contribution in [0.25, 0.3) is 0 Å². The zero-order chi connectivity index (χ0) is 10.3. The van der Waals surface area contributed by atoms with Crippen LogP contribution < -0.4 is 0 Å². The van der Waals surface area contributed by atoms with E-state index in [9.17, 15) is 0 Å². The summed E-state index contributed by atoms with van der Waals surface area (Å²) in [4.78, 5) is 0. The maximum atomic E-state index is 5.35. The minimum absolute atomic E-state index is 0.563. The molecule has 0 aliphatic rings. The lowest BCUT2D eigenvalue weighted by Crippen LogP contribution is -2.11. The van der Waals surface area contributed by atoms with Gasteiger partial charge in [-0.1, -0.05) is 0 Å². The molecule has 2 aromatic heterocycles. The number of aromatic nitrogens is 8. The third kappa shape index (κ3) is 3.06. The van der Waals surface area contributed by atoms with Crippen LogP contribution in [0, 0.1) is 0 Å². The smallest absolute Gasteiger partial charge is 0.138 e. The van der Waals surface area contributed by atoms with Gasteiger partial charge in [0.05, 0.1) is 26.3 Å². The van der Waals surface area contributed by atoms with Crippen molar-refractivity contribution in [3.8, 4) is 0 Å². The van der Waals surface area contributed by atoms with Gasteiger partial charge in [-0.2, -0.15) is 0 Å². The van der Waals surface area contributed by atoms with Crippen molar-refractivity contribution in [1.82, 2.24) is 40.4 Å². The molecule has 2 aromatic rings. The molecule has 0 saturated heterocycles. The van der Waals surface area contributed by atoms with Crippen molar-refractivity contribution in [2.75, 3.05) is 13.2 Å². The summed E-state index contributed by atoms with van der Waals surface area (Å²) < 4.78 is 8.56. The highest BCUT2D eigenvalue weighted by Crippen LogP contribution is 1.83. The topological polar surface area (TPSA) is 96.4 Å². The summed E-state index contributed by atoms with van der Waals surface area (Å²) in [6.07, 6.45) is 3.09. The van der Waals surface area contributed by atoms with Gasteiger partial charge in [0.15, 0.2) is 0 Å². The summed E-state index contributed by atoms with van der Waals surface area (Å²) in [5.74, 6) is 0. The summed E-state index contributed by atoms with van der Waals surface area (Å²) in [5.41, 5.74) is 0. The summed E-state index contributed by atoms with van der Waals surface area (Å²) in [6, 6.07) is 0. The summed E-state index contributed by atoms with van der Waals surface area (Å²) >= 11 is 0. The van der Waals surface area contributed by atoms with Crippen LogP contribution in [-0.4, -0.2) is 53.6 Å². The highest BCUT2D eigenvalue weighted by molar-refractivity contribution is 4.47. The Labute approximate surface area is 85.0 Å². The predicted molar refractivity (Wildman–Crippen MR) is 46.5 cm³/mol. The average Bonchev–Trinajstić information content (AvgIpc) is 2.88. The van der Waals surface area contributed by atoms with Gasteiger partial charge in [-0.25, -0.2) is 9.36 Å². The first-order chi connectivity index (χ1) is 7.45. The molecule has 0 aliphatic heterocycles. The molecular formula is C6H10N8O. The van der Waals surface area contributed by atoms with Crippen LogP contribution in [0.2, 0.25) is 0 Å². The molecule has 15 heavy (non-hydrogen) atoms. The van der Waals surface area contributed by atoms with Crippen molar-refractivity contribution in [3.05, 3.63) is 12.7 Å². The van der Waals surface area contributed by atoms with Crippen LogP contribution in [-0.2, 0) is 17.8 Å². The monoisotopic (exact) mass is 210 g/mol. The highest BCUT2D eigenvalue weighted by Gasteiger charge is 1.94. The Morgan fingerprint density at radius 3 is 1.80 bits per heavy atom. The van der Waals surface area contributed by atoms with Gasteiger partial charge in [-0.05, 0) is 20.9 Å². The van der Waals surface area contributed by atoms with E-state index in [2.05, 4.69) is 31.1 Å². The zero-order valence-electron chi connectivity index (χ0n) is 7.97. The second-order valence-corrected chi connectivity index (χ2v) is 2.76. The van der Waals surface area contributed by atoms with E-state index in [1.165, 1.54) is 0 Å². The first-order valence-corrected chi connectivity index (χ1v) is 4.44. The third-order valence-corrected chi connectivity index (χ3v) is 1.71.